The molecule has 132 valence electrons. The average Bonchev–Trinajstić information content (AvgIpc) is 3.31. The van der Waals surface area contributed by atoms with Crippen molar-refractivity contribution in [3.8, 4) is 0 Å². The van der Waals surface area contributed by atoms with Gasteiger partial charge in [-0.2, -0.15) is 0 Å². The summed E-state index contributed by atoms with van der Waals surface area (Å²) in [5.41, 5.74) is 0. The van der Waals surface area contributed by atoms with E-state index in [1.165, 1.54) is 19.4 Å². The maximum atomic E-state index is 12.9. The van der Waals surface area contributed by atoms with Crippen LogP contribution in [0.15, 0.2) is 0 Å². The van der Waals surface area contributed by atoms with Crippen LogP contribution in [-0.4, -0.2) is 72.8 Å². The van der Waals surface area contributed by atoms with Gasteiger partial charge in [0.15, 0.2) is 0 Å². The second-order valence-electron chi connectivity index (χ2n) is 7.19. The van der Waals surface area contributed by atoms with E-state index in [0.29, 0.717) is 18.7 Å². The first-order chi connectivity index (χ1) is 11.2. The molecule has 4 atom stereocenters. The summed E-state index contributed by atoms with van der Waals surface area (Å²) in [5, 5.41) is 0. The summed E-state index contributed by atoms with van der Waals surface area (Å²) in [4.78, 5) is 17.5. The van der Waals surface area contributed by atoms with E-state index >= 15 is 0 Å². The van der Waals surface area contributed by atoms with Crippen molar-refractivity contribution in [2.45, 2.75) is 76.7 Å². The first-order valence-electron chi connectivity index (χ1n) is 9.48. The van der Waals surface area contributed by atoms with Gasteiger partial charge in [-0.15, -0.1) is 0 Å². The fourth-order valence-electron chi connectivity index (χ4n) is 4.48. The van der Waals surface area contributed by atoms with Crippen LogP contribution in [0, 0.1) is 0 Å². The molecule has 0 aromatic carbocycles. The minimum absolute atomic E-state index is 0.174. The van der Waals surface area contributed by atoms with Crippen molar-refractivity contribution in [1.82, 2.24) is 9.80 Å². The number of amides is 1. The summed E-state index contributed by atoms with van der Waals surface area (Å²) < 4.78 is 11.4. The number of ether oxygens (including phenoxy) is 2. The summed E-state index contributed by atoms with van der Waals surface area (Å²) in [6.45, 7) is 8.69. The van der Waals surface area contributed by atoms with Gasteiger partial charge in [-0.05, 0) is 58.5 Å². The minimum Gasteiger partial charge on any atom is -0.376 e. The van der Waals surface area contributed by atoms with Gasteiger partial charge in [-0.1, -0.05) is 6.92 Å². The van der Waals surface area contributed by atoms with E-state index < -0.39 is 0 Å². The molecule has 3 saturated heterocycles. The number of likely N-dealkylation sites (tertiary alicyclic amines) is 2. The largest absolute Gasteiger partial charge is 0.376 e. The number of carbonyl (C=O) groups is 1. The normalized spacial score (nSPS) is 33.5. The van der Waals surface area contributed by atoms with Gasteiger partial charge in [-0.25, -0.2) is 0 Å². The molecule has 3 aliphatic heterocycles. The number of nitrogens with zero attached hydrogens (tertiary/aromatic N) is 2. The molecular weight excluding hydrogens is 292 g/mol. The standard InChI is InChI=1S/C18H32N2O3/c1-3-19-10-4-8-16(19)17-9-5-11-20(17)18(21)14(2)23-13-15-7-6-12-22-15/h14-17H,3-13H2,1-2H3/t14-,15+,16+,17-/m0/s1. The quantitative estimate of drug-likeness (QED) is 0.750. The van der Waals surface area contributed by atoms with E-state index in [2.05, 4.69) is 16.7 Å². The molecule has 5 nitrogen and oxygen atoms in total. The van der Waals surface area contributed by atoms with Crippen LogP contribution in [0.1, 0.15) is 52.4 Å². The summed E-state index contributed by atoms with van der Waals surface area (Å²) >= 11 is 0. The summed E-state index contributed by atoms with van der Waals surface area (Å²) in [6.07, 6.45) is 6.77. The lowest BCUT2D eigenvalue weighted by atomic mass is 10.0. The predicted molar refractivity (Wildman–Crippen MR) is 89.4 cm³/mol. The summed E-state index contributed by atoms with van der Waals surface area (Å²) in [6, 6.07) is 0.940. The van der Waals surface area contributed by atoms with Crippen molar-refractivity contribution in [2.75, 3.05) is 32.8 Å². The van der Waals surface area contributed by atoms with E-state index in [-0.39, 0.29) is 18.1 Å². The Morgan fingerprint density at radius 3 is 2.70 bits per heavy atom. The number of hydrogen-bond donors (Lipinski definition) is 0. The van der Waals surface area contributed by atoms with Gasteiger partial charge in [0.2, 0.25) is 0 Å². The van der Waals surface area contributed by atoms with E-state index in [9.17, 15) is 4.79 Å². The Morgan fingerprint density at radius 1 is 1.17 bits per heavy atom. The molecule has 0 bridgehead atoms. The third-order valence-electron chi connectivity index (χ3n) is 5.75. The fraction of sp³-hybridized carbons (Fsp3) is 0.944. The van der Waals surface area contributed by atoms with Gasteiger partial charge in [0.25, 0.3) is 5.91 Å². The summed E-state index contributed by atoms with van der Waals surface area (Å²) in [7, 11) is 0. The highest BCUT2D eigenvalue weighted by Crippen LogP contribution is 2.30. The zero-order valence-corrected chi connectivity index (χ0v) is 14.7. The molecule has 0 N–H and O–H groups in total. The van der Waals surface area contributed by atoms with Crippen LogP contribution < -0.4 is 0 Å². The van der Waals surface area contributed by atoms with Gasteiger partial charge in [0.1, 0.15) is 6.10 Å². The highest BCUT2D eigenvalue weighted by Gasteiger charge is 2.40. The Morgan fingerprint density at radius 2 is 1.96 bits per heavy atom. The van der Waals surface area contributed by atoms with E-state index in [1.54, 1.807) is 0 Å². The van der Waals surface area contributed by atoms with Crippen molar-refractivity contribution in [3.63, 3.8) is 0 Å². The molecule has 5 heteroatoms. The monoisotopic (exact) mass is 324 g/mol. The Kier molecular flexibility index (Phi) is 5.94. The molecule has 3 aliphatic rings. The molecule has 0 aromatic heterocycles. The van der Waals surface area contributed by atoms with E-state index in [1.807, 2.05) is 6.92 Å². The molecule has 3 heterocycles. The van der Waals surface area contributed by atoms with Crippen LogP contribution in [-0.2, 0) is 14.3 Å². The van der Waals surface area contributed by atoms with Crippen molar-refractivity contribution in [2.24, 2.45) is 0 Å². The lowest BCUT2D eigenvalue weighted by Gasteiger charge is -2.35. The van der Waals surface area contributed by atoms with Crippen LogP contribution in [0.2, 0.25) is 0 Å². The average molecular weight is 324 g/mol. The fourth-order valence-corrected chi connectivity index (χ4v) is 4.48. The molecule has 3 fully saturated rings. The molecule has 23 heavy (non-hydrogen) atoms. The Hall–Kier alpha value is -0.650. The van der Waals surface area contributed by atoms with Crippen molar-refractivity contribution >= 4 is 5.91 Å². The first-order valence-corrected chi connectivity index (χ1v) is 9.48. The Bertz CT molecular complexity index is 398. The van der Waals surface area contributed by atoms with Crippen molar-refractivity contribution in [3.05, 3.63) is 0 Å². The highest BCUT2D eigenvalue weighted by molar-refractivity contribution is 5.81. The first kappa shape index (κ1) is 17.2. The van der Waals surface area contributed by atoms with Crippen LogP contribution in [0.4, 0.5) is 0 Å². The lowest BCUT2D eigenvalue weighted by molar-refractivity contribution is -0.146. The Balaban J connectivity index is 1.54. The molecule has 0 radical (unpaired) electrons. The third kappa shape index (κ3) is 3.89. The zero-order valence-electron chi connectivity index (χ0n) is 14.7. The van der Waals surface area contributed by atoms with E-state index in [0.717, 1.165) is 45.4 Å². The second kappa shape index (κ2) is 7.95. The van der Waals surface area contributed by atoms with E-state index in [4.69, 9.17) is 9.47 Å². The molecule has 1 amide bonds. The molecule has 0 spiro atoms. The van der Waals surface area contributed by atoms with Crippen LogP contribution in [0.25, 0.3) is 0 Å². The minimum atomic E-state index is -0.351. The maximum Gasteiger partial charge on any atom is 0.251 e. The number of rotatable bonds is 6. The molecule has 0 saturated carbocycles. The van der Waals surface area contributed by atoms with Crippen molar-refractivity contribution < 1.29 is 14.3 Å². The van der Waals surface area contributed by atoms with Gasteiger partial charge >= 0.3 is 0 Å². The zero-order chi connectivity index (χ0) is 16.2. The molecule has 0 unspecified atom stereocenters. The van der Waals surface area contributed by atoms with Gasteiger partial charge < -0.3 is 14.4 Å². The Labute approximate surface area is 140 Å². The second-order valence-corrected chi connectivity index (χ2v) is 7.19. The predicted octanol–water partition coefficient (Wildman–Crippen LogP) is 2.05. The van der Waals surface area contributed by atoms with Crippen LogP contribution >= 0.6 is 0 Å². The highest BCUT2D eigenvalue weighted by atomic mass is 16.5. The van der Waals surface area contributed by atoms with Crippen molar-refractivity contribution in [1.29, 1.82) is 0 Å². The molecule has 0 aliphatic carbocycles. The smallest absolute Gasteiger partial charge is 0.251 e. The molecule has 3 rings (SSSR count). The summed E-state index contributed by atoms with van der Waals surface area (Å²) in [5.74, 6) is 0.174. The SMILES string of the molecule is CCN1CCC[C@@H]1[C@@H]1CCCN1C(=O)[C@H](C)OC[C@H]1CCCO1. The van der Waals surface area contributed by atoms with Gasteiger partial charge in [0.05, 0.1) is 12.7 Å². The maximum absolute atomic E-state index is 12.9. The third-order valence-corrected chi connectivity index (χ3v) is 5.75. The topological polar surface area (TPSA) is 42.0 Å². The molecule has 0 aromatic rings. The number of likely N-dealkylation sites (N-methyl/N-ethyl adjacent to an activating group) is 1. The number of carbonyl (C=O) groups excluding carboxylic acids is 1. The van der Waals surface area contributed by atoms with Crippen LogP contribution in [0.5, 0.6) is 0 Å². The van der Waals surface area contributed by atoms with Crippen LogP contribution in [0.3, 0.4) is 0 Å². The van der Waals surface area contributed by atoms with Gasteiger partial charge in [0, 0.05) is 25.2 Å². The lowest BCUT2D eigenvalue weighted by Crippen LogP contribution is -2.51. The van der Waals surface area contributed by atoms with Gasteiger partial charge in [-0.3, -0.25) is 9.69 Å². The number of hydrogen-bond acceptors (Lipinski definition) is 4. The molecular formula is C18H32N2O3.